The van der Waals surface area contributed by atoms with Gasteiger partial charge >= 0.3 is 0 Å². The second-order valence-corrected chi connectivity index (χ2v) is 5.32. The summed E-state index contributed by atoms with van der Waals surface area (Å²) in [7, 11) is 1.64. The summed E-state index contributed by atoms with van der Waals surface area (Å²) >= 11 is 5.82. The summed E-state index contributed by atoms with van der Waals surface area (Å²) in [4.78, 5) is 12.0. The fourth-order valence-corrected chi connectivity index (χ4v) is 2.23. The highest BCUT2D eigenvalue weighted by Gasteiger charge is 2.06. The lowest BCUT2D eigenvalue weighted by molar-refractivity contribution is -0.120. The van der Waals surface area contributed by atoms with Gasteiger partial charge in [0.25, 0.3) is 0 Å². The van der Waals surface area contributed by atoms with Crippen molar-refractivity contribution >= 4 is 17.5 Å². The highest BCUT2D eigenvalue weighted by atomic mass is 35.5. The predicted molar refractivity (Wildman–Crippen MR) is 84.7 cm³/mol. The molecular weight excluding hydrogens is 286 g/mol. The first-order chi connectivity index (χ1) is 10.1. The van der Waals surface area contributed by atoms with Gasteiger partial charge in [-0.1, -0.05) is 35.9 Å². The van der Waals surface area contributed by atoms with Crippen LogP contribution in [0.25, 0.3) is 0 Å². The number of ether oxygens (including phenoxy) is 1. The Morgan fingerprint density at radius 2 is 1.81 bits per heavy atom. The van der Waals surface area contributed by atoms with Crippen molar-refractivity contribution in [3.63, 3.8) is 0 Å². The van der Waals surface area contributed by atoms with E-state index in [0.717, 1.165) is 22.4 Å². The minimum Gasteiger partial charge on any atom is -0.496 e. The number of benzene rings is 2. The molecule has 2 rings (SSSR count). The third-order valence-electron chi connectivity index (χ3n) is 3.23. The van der Waals surface area contributed by atoms with Crippen LogP contribution in [0.15, 0.2) is 42.5 Å². The SMILES string of the molecule is COc1ccc(CC(=O)NCc2ccc(Cl)cc2)cc1C. The number of halogens is 1. The van der Waals surface area contributed by atoms with Gasteiger partial charge < -0.3 is 10.1 Å². The van der Waals surface area contributed by atoms with Crippen molar-refractivity contribution in [1.29, 1.82) is 0 Å². The number of rotatable bonds is 5. The molecule has 0 atom stereocenters. The maximum atomic E-state index is 12.0. The van der Waals surface area contributed by atoms with E-state index in [4.69, 9.17) is 16.3 Å². The van der Waals surface area contributed by atoms with E-state index < -0.39 is 0 Å². The number of hydrogen-bond donors (Lipinski definition) is 1. The van der Waals surface area contributed by atoms with Gasteiger partial charge in [0.15, 0.2) is 0 Å². The van der Waals surface area contributed by atoms with Gasteiger partial charge in [-0.2, -0.15) is 0 Å². The molecule has 1 amide bonds. The molecule has 0 saturated carbocycles. The molecule has 0 fully saturated rings. The fourth-order valence-electron chi connectivity index (χ4n) is 2.10. The number of hydrogen-bond acceptors (Lipinski definition) is 2. The predicted octanol–water partition coefficient (Wildman–Crippen LogP) is 3.52. The van der Waals surface area contributed by atoms with E-state index in [9.17, 15) is 4.79 Å². The summed E-state index contributed by atoms with van der Waals surface area (Å²) in [5.41, 5.74) is 3.03. The van der Waals surface area contributed by atoms with E-state index in [0.29, 0.717) is 18.0 Å². The van der Waals surface area contributed by atoms with Crippen LogP contribution in [-0.2, 0) is 17.8 Å². The maximum absolute atomic E-state index is 12.0. The highest BCUT2D eigenvalue weighted by molar-refractivity contribution is 6.30. The van der Waals surface area contributed by atoms with Crippen LogP contribution < -0.4 is 10.1 Å². The molecule has 2 aromatic rings. The summed E-state index contributed by atoms with van der Waals surface area (Å²) in [6.07, 6.45) is 0.360. The second-order valence-electron chi connectivity index (χ2n) is 4.88. The zero-order valence-electron chi connectivity index (χ0n) is 12.2. The molecule has 0 bridgehead atoms. The Morgan fingerprint density at radius 3 is 2.43 bits per heavy atom. The number of carbonyl (C=O) groups is 1. The molecule has 4 heteroatoms. The van der Waals surface area contributed by atoms with Gasteiger partial charge in [0.2, 0.25) is 5.91 Å². The normalized spacial score (nSPS) is 10.2. The fraction of sp³-hybridized carbons (Fsp3) is 0.235. The Bertz CT molecular complexity index is 623. The number of methoxy groups -OCH3 is 1. The van der Waals surface area contributed by atoms with Crippen LogP contribution in [0, 0.1) is 6.92 Å². The monoisotopic (exact) mass is 303 g/mol. The number of nitrogens with one attached hydrogen (secondary N) is 1. The zero-order chi connectivity index (χ0) is 15.2. The van der Waals surface area contributed by atoms with Gasteiger partial charge in [0, 0.05) is 11.6 Å². The molecule has 0 heterocycles. The molecule has 2 aromatic carbocycles. The lowest BCUT2D eigenvalue weighted by atomic mass is 10.1. The van der Waals surface area contributed by atoms with Crippen LogP contribution in [0.5, 0.6) is 5.75 Å². The topological polar surface area (TPSA) is 38.3 Å². The van der Waals surface area contributed by atoms with Crippen molar-refractivity contribution in [1.82, 2.24) is 5.32 Å². The first-order valence-corrected chi connectivity index (χ1v) is 7.11. The van der Waals surface area contributed by atoms with E-state index in [1.807, 2.05) is 49.4 Å². The van der Waals surface area contributed by atoms with Crippen LogP contribution in [0.3, 0.4) is 0 Å². The molecule has 21 heavy (non-hydrogen) atoms. The standard InChI is InChI=1S/C17H18ClNO2/c1-12-9-14(5-8-16(12)21-2)10-17(20)19-11-13-3-6-15(18)7-4-13/h3-9H,10-11H2,1-2H3,(H,19,20). The van der Waals surface area contributed by atoms with E-state index in [1.54, 1.807) is 7.11 Å². The van der Waals surface area contributed by atoms with Gasteiger partial charge in [-0.25, -0.2) is 0 Å². The smallest absolute Gasteiger partial charge is 0.224 e. The Morgan fingerprint density at radius 1 is 1.14 bits per heavy atom. The molecule has 0 aliphatic heterocycles. The second kappa shape index (κ2) is 7.14. The Balaban J connectivity index is 1.89. The van der Waals surface area contributed by atoms with E-state index in [2.05, 4.69) is 5.32 Å². The van der Waals surface area contributed by atoms with Crippen molar-refractivity contribution < 1.29 is 9.53 Å². The van der Waals surface area contributed by atoms with Crippen molar-refractivity contribution in [3.8, 4) is 5.75 Å². The van der Waals surface area contributed by atoms with Crippen molar-refractivity contribution in [3.05, 3.63) is 64.2 Å². The largest absolute Gasteiger partial charge is 0.496 e. The summed E-state index contributed by atoms with van der Waals surface area (Å²) in [6, 6.07) is 13.2. The summed E-state index contributed by atoms with van der Waals surface area (Å²) in [6.45, 7) is 2.47. The van der Waals surface area contributed by atoms with Gasteiger partial charge in [-0.05, 0) is 41.8 Å². The third kappa shape index (κ3) is 4.50. The molecule has 0 aliphatic carbocycles. The zero-order valence-corrected chi connectivity index (χ0v) is 12.9. The molecule has 3 nitrogen and oxygen atoms in total. The summed E-state index contributed by atoms with van der Waals surface area (Å²) < 4.78 is 5.21. The Hall–Kier alpha value is -2.00. The molecule has 0 unspecified atom stereocenters. The molecule has 0 spiro atoms. The van der Waals surface area contributed by atoms with Crippen LogP contribution in [0.4, 0.5) is 0 Å². The molecule has 110 valence electrons. The quantitative estimate of drug-likeness (QED) is 0.918. The first kappa shape index (κ1) is 15.4. The third-order valence-corrected chi connectivity index (χ3v) is 3.48. The number of aryl methyl sites for hydroxylation is 1. The van der Waals surface area contributed by atoms with Gasteiger partial charge in [0.05, 0.1) is 13.5 Å². The average Bonchev–Trinajstić information content (AvgIpc) is 2.47. The molecule has 0 aliphatic rings. The van der Waals surface area contributed by atoms with Crippen molar-refractivity contribution in [2.75, 3.05) is 7.11 Å². The van der Waals surface area contributed by atoms with E-state index in [-0.39, 0.29) is 5.91 Å². The molecule has 0 aromatic heterocycles. The Labute approximate surface area is 129 Å². The molecule has 0 radical (unpaired) electrons. The van der Waals surface area contributed by atoms with Crippen LogP contribution >= 0.6 is 11.6 Å². The molecule has 1 N–H and O–H groups in total. The van der Waals surface area contributed by atoms with Gasteiger partial charge in [-0.15, -0.1) is 0 Å². The van der Waals surface area contributed by atoms with Crippen LogP contribution in [0.2, 0.25) is 5.02 Å². The lowest BCUT2D eigenvalue weighted by Crippen LogP contribution is -2.24. The van der Waals surface area contributed by atoms with Gasteiger partial charge in [0.1, 0.15) is 5.75 Å². The summed E-state index contributed by atoms with van der Waals surface area (Å²) in [5.74, 6) is 0.829. The van der Waals surface area contributed by atoms with Crippen LogP contribution in [-0.4, -0.2) is 13.0 Å². The van der Waals surface area contributed by atoms with Crippen LogP contribution in [0.1, 0.15) is 16.7 Å². The number of amides is 1. The Kier molecular flexibility index (Phi) is 5.23. The maximum Gasteiger partial charge on any atom is 0.224 e. The number of carbonyl (C=O) groups excluding carboxylic acids is 1. The average molecular weight is 304 g/mol. The minimum atomic E-state index is -0.00508. The van der Waals surface area contributed by atoms with E-state index in [1.165, 1.54) is 0 Å². The minimum absolute atomic E-state index is 0.00508. The van der Waals surface area contributed by atoms with Gasteiger partial charge in [-0.3, -0.25) is 4.79 Å². The van der Waals surface area contributed by atoms with Crippen molar-refractivity contribution in [2.45, 2.75) is 19.9 Å². The lowest BCUT2D eigenvalue weighted by Gasteiger charge is -2.08. The first-order valence-electron chi connectivity index (χ1n) is 6.73. The molecular formula is C17H18ClNO2. The molecule has 0 saturated heterocycles. The summed E-state index contributed by atoms with van der Waals surface area (Å²) in [5, 5.41) is 3.60. The highest BCUT2D eigenvalue weighted by Crippen LogP contribution is 2.18. The van der Waals surface area contributed by atoms with Crippen molar-refractivity contribution in [2.24, 2.45) is 0 Å². The van der Waals surface area contributed by atoms with E-state index >= 15 is 0 Å².